The van der Waals surface area contributed by atoms with E-state index in [1.165, 1.54) is 0 Å². The minimum atomic E-state index is -0.204. The van der Waals surface area contributed by atoms with Crippen LogP contribution in [-0.2, 0) is 6.54 Å². The summed E-state index contributed by atoms with van der Waals surface area (Å²) in [6.45, 7) is 2.87. The fourth-order valence-corrected chi connectivity index (χ4v) is 3.88. The lowest BCUT2D eigenvalue weighted by atomic mass is 10.1. The number of aromatic nitrogens is 3. The molecule has 3 heterocycles. The lowest BCUT2D eigenvalue weighted by Gasteiger charge is -2.12. The predicted octanol–water partition coefficient (Wildman–Crippen LogP) is 4.35. The van der Waals surface area contributed by atoms with Crippen LogP contribution in [0.1, 0.15) is 22.8 Å². The molecule has 7 nitrogen and oxygen atoms in total. The van der Waals surface area contributed by atoms with Crippen molar-refractivity contribution in [2.45, 2.75) is 13.5 Å². The molecule has 0 saturated heterocycles. The van der Waals surface area contributed by atoms with Crippen LogP contribution in [-0.4, -0.2) is 26.5 Å². The van der Waals surface area contributed by atoms with Crippen LogP contribution in [0.3, 0.4) is 0 Å². The Morgan fingerprint density at radius 3 is 2.48 bits per heavy atom. The zero-order valence-electron chi connectivity index (χ0n) is 18.1. The van der Waals surface area contributed by atoms with Gasteiger partial charge >= 0.3 is 0 Å². The molecule has 3 aromatic heterocycles. The number of rotatable bonds is 6. The first-order chi connectivity index (χ1) is 16.1. The largest absolute Gasteiger partial charge is 0.494 e. The molecule has 0 bridgehead atoms. The van der Waals surface area contributed by atoms with Crippen LogP contribution in [0.4, 0.5) is 5.69 Å². The van der Waals surface area contributed by atoms with Gasteiger partial charge in [-0.3, -0.25) is 14.2 Å². The van der Waals surface area contributed by atoms with Crippen LogP contribution in [0.5, 0.6) is 5.75 Å². The highest BCUT2D eigenvalue weighted by Gasteiger charge is 2.12. The number of fused-ring (bicyclic) bond motifs is 3. The van der Waals surface area contributed by atoms with Gasteiger partial charge in [0.2, 0.25) is 0 Å². The number of hydrogen-bond donors (Lipinski definition) is 1. The normalized spacial score (nSPS) is 11.1. The number of hydrogen-bond acceptors (Lipinski definition) is 4. The number of pyridine rings is 1. The van der Waals surface area contributed by atoms with Crippen LogP contribution in [0.15, 0.2) is 90.0 Å². The summed E-state index contributed by atoms with van der Waals surface area (Å²) < 4.78 is 8.95. The molecule has 0 aliphatic rings. The number of nitrogens with one attached hydrogen (secondary N) is 1. The van der Waals surface area contributed by atoms with Crippen LogP contribution >= 0.6 is 0 Å². The summed E-state index contributed by atoms with van der Waals surface area (Å²) in [5.74, 6) is 0.556. The smallest absolute Gasteiger partial charge is 0.276 e. The standard InChI is InChI=1S/C26H22N4O3/c1-2-33-21-13-11-20(12-14-21)28-25(31)19-9-7-18(8-10-19)17-30-24-22(5-3-15-27-24)29-16-4-6-23(29)26(30)32/h3-16H,2,17H2,1H3,(H,28,31). The van der Waals surface area contributed by atoms with Gasteiger partial charge in [-0.15, -0.1) is 0 Å². The number of carbonyl (C=O) groups is 1. The zero-order valence-corrected chi connectivity index (χ0v) is 18.1. The van der Waals surface area contributed by atoms with Gasteiger partial charge in [-0.25, -0.2) is 4.98 Å². The second-order valence-electron chi connectivity index (χ2n) is 7.61. The molecule has 0 aliphatic heterocycles. The van der Waals surface area contributed by atoms with E-state index in [2.05, 4.69) is 10.3 Å². The third kappa shape index (κ3) is 3.96. The highest BCUT2D eigenvalue weighted by molar-refractivity contribution is 6.04. The number of carbonyl (C=O) groups excluding carboxylic acids is 1. The van der Waals surface area contributed by atoms with Crippen molar-refractivity contribution in [3.63, 3.8) is 0 Å². The molecule has 0 fully saturated rings. The second-order valence-corrected chi connectivity index (χ2v) is 7.61. The third-order valence-corrected chi connectivity index (χ3v) is 5.47. The number of ether oxygens (including phenoxy) is 1. The maximum absolute atomic E-state index is 13.1. The number of benzene rings is 2. The minimum Gasteiger partial charge on any atom is -0.494 e. The summed E-state index contributed by atoms with van der Waals surface area (Å²) in [5, 5.41) is 2.88. The van der Waals surface area contributed by atoms with E-state index in [0.717, 1.165) is 16.8 Å². The molecule has 0 atom stereocenters. The molecule has 5 aromatic rings. The molecule has 33 heavy (non-hydrogen) atoms. The molecule has 164 valence electrons. The van der Waals surface area contributed by atoms with Gasteiger partial charge in [0.05, 0.1) is 18.7 Å². The Balaban J connectivity index is 1.38. The molecule has 2 aromatic carbocycles. The first kappa shape index (κ1) is 20.5. The van der Waals surface area contributed by atoms with Crippen molar-refractivity contribution in [2.75, 3.05) is 11.9 Å². The SMILES string of the molecule is CCOc1ccc(NC(=O)c2ccc(Cn3c(=O)c4cccn4c4cccnc43)cc2)cc1. The first-order valence-corrected chi connectivity index (χ1v) is 10.7. The van der Waals surface area contributed by atoms with E-state index in [1.807, 2.05) is 60.0 Å². The van der Waals surface area contributed by atoms with E-state index in [9.17, 15) is 9.59 Å². The van der Waals surface area contributed by atoms with Crippen molar-refractivity contribution in [1.82, 2.24) is 14.0 Å². The van der Waals surface area contributed by atoms with Crippen molar-refractivity contribution in [2.24, 2.45) is 0 Å². The van der Waals surface area contributed by atoms with Crippen LogP contribution < -0.4 is 15.6 Å². The van der Waals surface area contributed by atoms with Crippen LogP contribution in [0.25, 0.3) is 16.7 Å². The number of nitrogens with zero attached hydrogens (tertiary/aromatic N) is 3. The Morgan fingerprint density at radius 1 is 0.970 bits per heavy atom. The van der Waals surface area contributed by atoms with E-state index in [0.29, 0.717) is 35.6 Å². The average molecular weight is 438 g/mol. The van der Waals surface area contributed by atoms with E-state index in [1.54, 1.807) is 41.1 Å². The molecule has 1 amide bonds. The van der Waals surface area contributed by atoms with Crippen LogP contribution in [0.2, 0.25) is 0 Å². The number of anilines is 1. The maximum Gasteiger partial charge on any atom is 0.276 e. The highest BCUT2D eigenvalue weighted by atomic mass is 16.5. The van der Waals surface area contributed by atoms with E-state index >= 15 is 0 Å². The van der Waals surface area contributed by atoms with E-state index in [4.69, 9.17) is 4.74 Å². The van der Waals surface area contributed by atoms with Gasteiger partial charge in [-0.05, 0) is 73.2 Å². The predicted molar refractivity (Wildman–Crippen MR) is 128 cm³/mol. The molecule has 0 saturated carbocycles. The molecule has 0 aliphatic carbocycles. The lowest BCUT2D eigenvalue weighted by molar-refractivity contribution is 0.102. The molecular formula is C26H22N4O3. The molecule has 0 spiro atoms. The molecule has 0 unspecified atom stereocenters. The van der Waals surface area contributed by atoms with Gasteiger partial charge in [0.1, 0.15) is 11.3 Å². The molecule has 1 N–H and O–H groups in total. The van der Waals surface area contributed by atoms with Crippen molar-refractivity contribution in [3.8, 4) is 5.75 Å². The van der Waals surface area contributed by atoms with Crippen molar-refractivity contribution in [1.29, 1.82) is 0 Å². The second kappa shape index (κ2) is 8.63. The highest BCUT2D eigenvalue weighted by Crippen LogP contribution is 2.18. The number of amides is 1. The summed E-state index contributed by atoms with van der Waals surface area (Å²) >= 11 is 0. The maximum atomic E-state index is 13.1. The van der Waals surface area contributed by atoms with Gasteiger partial charge in [0.25, 0.3) is 11.5 Å². The molecular weight excluding hydrogens is 416 g/mol. The summed E-state index contributed by atoms with van der Waals surface area (Å²) in [6.07, 6.45) is 3.55. The summed E-state index contributed by atoms with van der Waals surface area (Å²) in [7, 11) is 0. The first-order valence-electron chi connectivity index (χ1n) is 10.7. The zero-order chi connectivity index (χ0) is 22.8. The minimum absolute atomic E-state index is 0.108. The van der Waals surface area contributed by atoms with Gasteiger partial charge < -0.3 is 14.5 Å². The fourth-order valence-electron chi connectivity index (χ4n) is 3.88. The fraction of sp³-hybridized carbons (Fsp3) is 0.115. The van der Waals surface area contributed by atoms with Crippen molar-refractivity contribution < 1.29 is 9.53 Å². The van der Waals surface area contributed by atoms with Gasteiger partial charge in [0, 0.05) is 23.6 Å². The Hall–Kier alpha value is -4.39. The monoisotopic (exact) mass is 438 g/mol. The van der Waals surface area contributed by atoms with E-state index in [-0.39, 0.29) is 11.5 Å². The molecule has 5 rings (SSSR count). The Bertz CT molecular complexity index is 1500. The lowest BCUT2D eigenvalue weighted by Crippen LogP contribution is -2.24. The van der Waals surface area contributed by atoms with Gasteiger partial charge in [-0.2, -0.15) is 0 Å². The van der Waals surface area contributed by atoms with Crippen LogP contribution in [0, 0.1) is 0 Å². The quantitative estimate of drug-likeness (QED) is 0.428. The summed E-state index contributed by atoms with van der Waals surface area (Å²) in [5.41, 5.74) is 4.09. The Labute approximate surface area is 189 Å². The van der Waals surface area contributed by atoms with Gasteiger partial charge in [0.15, 0.2) is 5.65 Å². The van der Waals surface area contributed by atoms with E-state index < -0.39 is 0 Å². The van der Waals surface area contributed by atoms with Gasteiger partial charge in [-0.1, -0.05) is 12.1 Å². The Kier molecular flexibility index (Phi) is 5.36. The topological polar surface area (TPSA) is 77.6 Å². The molecule has 7 heteroatoms. The van der Waals surface area contributed by atoms with Crippen molar-refractivity contribution >= 4 is 28.3 Å². The van der Waals surface area contributed by atoms with Crippen molar-refractivity contribution in [3.05, 3.63) is 107 Å². The average Bonchev–Trinajstić information content (AvgIpc) is 3.34. The summed E-state index contributed by atoms with van der Waals surface area (Å²) in [6, 6.07) is 21.9. The Morgan fingerprint density at radius 2 is 1.73 bits per heavy atom. The summed E-state index contributed by atoms with van der Waals surface area (Å²) in [4.78, 5) is 30.2. The molecule has 0 radical (unpaired) electrons. The third-order valence-electron chi connectivity index (χ3n) is 5.47.